The molecule has 0 spiro atoms. The van der Waals surface area contributed by atoms with Crippen LogP contribution < -0.4 is 10.1 Å². The van der Waals surface area contributed by atoms with Crippen molar-refractivity contribution in [3.8, 4) is 5.88 Å². The number of nitrogens with zero attached hydrogens (tertiary/aromatic N) is 2. The Bertz CT molecular complexity index is 728. The van der Waals surface area contributed by atoms with E-state index in [9.17, 15) is 14.9 Å². The molecule has 1 unspecified atom stereocenters. The molecule has 24 heavy (non-hydrogen) atoms. The van der Waals surface area contributed by atoms with E-state index in [1.807, 2.05) is 11.8 Å². The van der Waals surface area contributed by atoms with Gasteiger partial charge < -0.3 is 10.1 Å². The SMILES string of the molecule is O=C(Nc1ccc([N+](=O)[O-])cc1)c1ccc(OC2CCSC2)nc1. The highest BCUT2D eigenvalue weighted by Crippen LogP contribution is 2.22. The molecule has 124 valence electrons. The minimum Gasteiger partial charge on any atom is -0.473 e. The van der Waals surface area contributed by atoms with Crippen LogP contribution in [0.4, 0.5) is 11.4 Å². The lowest BCUT2D eigenvalue weighted by molar-refractivity contribution is -0.384. The Hall–Kier alpha value is -2.61. The number of hydrogen-bond acceptors (Lipinski definition) is 6. The molecule has 1 fully saturated rings. The summed E-state index contributed by atoms with van der Waals surface area (Å²) in [5.41, 5.74) is 0.844. The third-order valence-electron chi connectivity index (χ3n) is 3.51. The molecular weight excluding hydrogens is 330 g/mol. The molecule has 3 rings (SSSR count). The summed E-state index contributed by atoms with van der Waals surface area (Å²) in [5, 5.41) is 13.3. The molecule has 7 nitrogen and oxygen atoms in total. The van der Waals surface area contributed by atoms with Gasteiger partial charge in [0.15, 0.2) is 0 Å². The molecule has 2 aromatic rings. The predicted molar refractivity (Wildman–Crippen MR) is 91.6 cm³/mol. The lowest BCUT2D eigenvalue weighted by Crippen LogP contribution is -2.16. The van der Waals surface area contributed by atoms with Crippen LogP contribution >= 0.6 is 11.8 Å². The molecule has 0 bridgehead atoms. The van der Waals surface area contributed by atoms with Gasteiger partial charge in [-0.2, -0.15) is 11.8 Å². The Kier molecular flexibility index (Phi) is 4.95. The Morgan fingerprint density at radius 3 is 2.67 bits per heavy atom. The van der Waals surface area contributed by atoms with Crippen molar-refractivity contribution in [2.75, 3.05) is 16.8 Å². The molecule has 8 heteroatoms. The number of anilines is 1. The van der Waals surface area contributed by atoms with Gasteiger partial charge in [-0.05, 0) is 30.4 Å². The van der Waals surface area contributed by atoms with Crippen LogP contribution in [0.15, 0.2) is 42.6 Å². The fourth-order valence-corrected chi connectivity index (χ4v) is 3.32. The number of amides is 1. The van der Waals surface area contributed by atoms with E-state index in [2.05, 4.69) is 10.3 Å². The van der Waals surface area contributed by atoms with Crippen molar-refractivity contribution in [1.29, 1.82) is 0 Å². The summed E-state index contributed by atoms with van der Waals surface area (Å²) in [4.78, 5) is 26.4. The third kappa shape index (κ3) is 4.02. The lowest BCUT2D eigenvalue weighted by atomic mass is 10.2. The smallest absolute Gasteiger partial charge is 0.269 e. The standard InChI is InChI=1S/C16H15N3O4S/c20-16(18-12-2-4-13(5-3-12)19(21)22)11-1-6-15(17-9-11)23-14-7-8-24-10-14/h1-6,9,14H,7-8,10H2,(H,18,20). The summed E-state index contributed by atoms with van der Waals surface area (Å²) in [6.07, 6.45) is 2.65. The van der Waals surface area contributed by atoms with Crippen LogP contribution in [0.25, 0.3) is 0 Å². The van der Waals surface area contributed by atoms with Gasteiger partial charge in [-0.15, -0.1) is 0 Å². The minimum atomic E-state index is -0.489. The highest BCUT2D eigenvalue weighted by atomic mass is 32.2. The van der Waals surface area contributed by atoms with Crippen LogP contribution in [0, 0.1) is 10.1 Å². The molecule has 1 saturated heterocycles. The van der Waals surface area contributed by atoms with Crippen molar-refractivity contribution in [2.45, 2.75) is 12.5 Å². The predicted octanol–water partition coefficient (Wildman–Crippen LogP) is 3.13. The molecule has 1 aromatic heterocycles. The first kappa shape index (κ1) is 16.3. The molecule has 1 aliphatic rings. The van der Waals surface area contributed by atoms with E-state index >= 15 is 0 Å². The largest absolute Gasteiger partial charge is 0.473 e. The van der Waals surface area contributed by atoms with Gasteiger partial charge in [-0.1, -0.05) is 0 Å². The van der Waals surface area contributed by atoms with E-state index in [1.165, 1.54) is 30.5 Å². The zero-order valence-electron chi connectivity index (χ0n) is 12.7. The van der Waals surface area contributed by atoms with Crippen molar-refractivity contribution in [2.24, 2.45) is 0 Å². The second-order valence-corrected chi connectivity index (χ2v) is 6.40. The number of thioether (sulfide) groups is 1. The number of ether oxygens (including phenoxy) is 1. The maximum atomic E-state index is 12.2. The summed E-state index contributed by atoms with van der Waals surface area (Å²) in [6, 6.07) is 8.96. The third-order valence-corrected chi connectivity index (χ3v) is 4.64. The number of nitro groups is 1. The number of nitrogens with one attached hydrogen (secondary N) is 1. The molecular formula is C16H15N3O4S. The summed E-state index contributed by atoms with van der Waals surface area (Å²) in [7, 11) is 0. The van der Waals surface area contributed by atoms with Gasteiger partial charge in [0.05, 0.1) is 10.5 Å². The van der Waals surface area contributed by atoms with Crippen molar-refractivity contribution in [1.82, 2.24) is 4.98 Å². The quantitative estimate of drug-likeness (QED) is 0.661. The number of aromatic nitrogens is 1. The van der Waals surface area contributed by atoms with Gasteiger partial charge in [-0.3, -0.25) is 14.9 Å². The number of carbonyl (C=O) groups is 1. The maximum Gasteiger partial charge on any atom is 0.269 e. The van der Waals surface area contributed by atoms with Crippen molar-refractivity contribution in [3.05, 3.63) is 58.3 Å². The Morgan fingerprint density at radius 2 is 2.08 bits per heavy atom. The average molecular weight is 345 g/mol. The monoisotopic (exact) mass is 345 g/mol. The van der Waals surface area contributed by atoms with Crippen LogP contribution in [0.5, 0.6) is 5.88 Å². The first-order valence-electron chi connectivity index (χ1n) is 7.38. The topological polar surface area (TPSA) is 94.4 Å². The normalized spacial score (nSPS) is 16.6. The van der Waals surface area contributed by atoms with Crippen LogP contribution in [0.1, 0.15) is 16.8 Å². The fraction of sp³-hybridized carbons (Fsp3) is 0.250. The van der Waals surface area contributed by atoms with Crippen LogP contribution in [-0.2, 0) is 0 Å². The van der Waals surface area contributed by atoms with Gasteiger partial charge in [0.2, 0.25) is 5.88 Å². The summed E-state index contributed by atoms with van der Waals surface area (Å²) < 4.78 is 5.74. The zero-order valence-corrected chi connectivity index (χ0v) is 13.5. The number of hydrogen-bond donors (Lipinski definition) is 1. The van der Waals surface area contributed by atoms with Gasteiger partial charge in [0.25, 0.3) is 11.6 Å². The molecule has 2 heterocycles. The molecule has 0 aliphatic carbocycles. The van der Waals surface area contributed by atoms with Crippen LogP contribution in [-0.4, -0.2) is 33.4 Å². The van der Waals surface area contributed by atoms with Gasteiger partial charge in [0, 0.05) is 35.8 Å². The summed E-state index contributed by atoms with van der Waals surface area (Å²) >= 11 is 1.85. The number of carbonyl (C=O) groups excluding carboxylic acids is 1. The van der Waals surface area contributed by atoms with E-state index in [0.29, 0.717) is 17.1 Å². The number of non-ortho nitro benzene ring substituents is 1. The molecule has 1 aliphatic heterocycles. The molecule has 1 aromatic carbocycles. The van der Waals surface area contributed by atoms with Crippen molar-refractivity contribution >= 4 is 29.0 Å². The Morgan fingerprint density at radius 1 is 1.29 bits per heavy atom. The number of benzene rings is 1. The highest BCUT2D eigenvalue weighted by molar-refractivity contribution is 7.99. The van der Waals surface area contributed by atoms with E-state index in [1.54, 1.807) is 12.1 Å². The Labute approximate surface area is 142 Å². The van der Waals surface area contributed by atoms with Crippen molar-refractivity contribution < 1.29 is 14.5 Å². The van der Waals surface area contributed by atoms with E-state index < -0.39 is 4.92 Å². The molecule has 1 atom stereocenters. The number of rotatable bonds is 5. The number of nitro benzene ring substituents is 1. The number of pyridine rings is 1. The van der Waals surface area contributed by atoms with Gasteiger partial charge in [-0.25, -0.2) is 4.98 Å². The van der Waals surface area contributed by atoms with E-state index in [0.717, 1.165) is 17.9 Å². The van der Waals surface area contributed by atoms with Crippen molar-refractivity contribution in [3.63, 3.8) is 0 Å². The molecule has 1 amide bonds. The second-order valence-electron chi connectivity index (χ2n) is 5.25. The van der Waals surface area contributed by atoms with E-state index in [-0.39, 0.29) is 17.7 Å². The fourth-order valence-electron chi connectivity index (χ4n) is 2.23. The van der Waals surface area contributed by atoms with Crippen LogP contribution in [0.3, 0.4) is 0 Å². The van der Waals surface area contributed by atoms with Gasteiger partial charge in [0.1, 0.15) is 6.10 Å². The van der Waals surface area contributed by atoms with Crippen LogP contribution in [0.2, 0.25) is 0 Å². The molecule has 0 saturated carbocycles. The van der Waals surface area contributed by atoms with E-state index in [4.69, 9.17) is 4.74 Å². The molecule has 0 radical (unpaired) electrons. The Balaban J connectivity index is 1.60. The minimum absolute atomic E-state index is 0.0266. The first-order chi connectivity index (χ1) is 11.6. The zero-order chi connectivity index (χ0) is 16.9. The molecule has 1 N–H and O–H groups in total. The maximum absolute atomic E-state index is 12.2. The summed E-state index contributed by atoms with van der Waals surface area (Å²) in [6.45, 7) is 0. The highest BCUT2D eigenvalue weighted by Gasteiger charge is 2.17. The average Bonchev–Trinajstić information content (AvgIpc) is 3.09. The lowest BCUT2D eigenvalue weighted by Gasteiger charge is -2.11. The second kappa shape index (κ2) is 7.31. The summed E-state index contributed by atoms with van der Waals surface area (Å²) in [5.74, 6) is 2.23. The first-order valence-corrected chi connectivity index (χ1v) is 8.53. The van der Waals surface area contributed by atoms with Gasteiger partial charge >= 0.3 is 0 Å².